The van der Waals surface area contributed by atoms with E-state index in [0.29, 0.717) is 0 Å². The van der Waals surface area contributed by atoms with Gasteiger partial charge in [0.2, 0.25) is 5.69 Å². The van der Waals surface area contributed by atoms with Gasteiger partial charge >= 0.3 is 0 Å². The van der Waals surface area contributed by atoms with E-state index in [4.69, 9.17) is 24.7 Å². The van der Waals surface area contributed by atoms with Gasteiger partial charge in [0.25, 0.3) is 0 Å². The maximum Gasteiger partial charge on any atom is 0.244 e. The Kier molecular flexibility index (Phi) is 1.54. The van der Waals surface area contributed by atoms with Gasteiger partial charge in [-0.25, -0.2) is 0 Å². The molecule has 0 atom stereocenters. The van der Waals surface area contributed by atoms with E-state index >= 15 is 0 Å². The highest BCUT2D eigenvalue weighted by Crippen LogP contribution is 2.53. The first-order valence-corrected chi connectivity index (χ1v) is 6.45. The molecule has 0 spiro atoms. The molecule has 0 rings (SSSR count). The second-order valence-corrected chi connectivity index (χ2v) is 6.49. The molecule has 0 aromatic rings. The Morgan fingerprint density at radius 2 is 1.77 bits per heavy atom. The van der Waals surface area contributed by atoms with E-state index in [2.05, 4.69) is 33.1 Å². The van der Waals surface area contributed by atoms with Crippen LogP contribution in [0.3, 0.4) is 0 Å². The maximum atomic E-state index is 7.64. The summed E-state index contributed by atoms with van der Waals surface area (Å²) in [4.78, 5) is 0. The standard InChI is InChI=1S/C8H19O2PS2/c1-3-5-7-9-11(12,13)10-8-6-4-2/h3-8H2,1-2H3,(H,12,13)/i1D3,2D3,3D2,4D2,5D2,6D2,7D2,8D2. The average Bonchev–Trinajstić information content (AvgIpc) is 2.41. The Morgan fingerprint density at radius 1 is 1.31 bits per heavy atom. The van der Waals surface area contributed by atoms with Crippen molar-refractivity contribution in [1.82, 2.24) is 0 Å². The average molecular weight is 260 g/mol. The van der Waals surface area contributed by atoms with Gasteiger partial charge < -0.3 is 9.05 Å². The summed E-state index contributed by atoms with van der Waals surface area (Å²) < 4.78 is 142. The minimum Gasteiger partial charge on any atom is -0.322 e. The van der Waals surface area contributed by atoms with Gasteiger partial charge in [-0.1, -0.05) is 38.7 Å². The van der Waals surface area contributed by atoms with Crippen LogP contribution >= 0.6 is 17.9 Å². The summed E-state index contributed by atoms with van der Waals surface area (Å²) in [5, 5.41) is 0. The predicted octanol–water partition coefficient (Wildman–Crippen LogP) is 3.77. The highest BCUT2D eigenvalue weighted by atomic mass is 32.9. The zero-order chi connectivity index (χ0) is 25.9. The molecule has 0 aliphatic rings. The van der Waals surface area contributed by atoms with Crippen molar-refractivity contribution in [3.63, 3.8) is 0 Å². The van der Waals surface area contributed by atoms with Crippen LogP contribution in [-0.4, -0.2) is 13.1 Å². The molecule has 80 valence electrons. The molecule has 0 amide bonds. The van der Waals surface area contributed by atoms with Crippen molar-refractivity contribution in [3.8, 4) is 0 Å². The van der Waals surface area contributed by atoms with Gasteiger partial charge in [-0.2, -0.15) is 0 Å². The molecule has 0 saturated heterocycles. The lowest BCUT2D eigenvalue weighted by atomic mass is 10.4. The van der Waals surface area contributed by atoms with Crippen molar-refractivity contribution >= 4 is 29.7 Å². The monoisotopic (exact) mass is 260 g/mol. The van der Waals surface area contributed by atoms with Gasteiger partial charge in [0, 0.05) is 19.2 Å². The van der Waals surface area contributed by atoms with Gasteiger partial charge in [-0.3, -0.25) is 0 Å². The summed E-state index contributed by atoms with van der Waals surface area (Å²) >= 11 is 8.12. The van der Waals surface area contributed by atoms with Crippen molar-refractivity contribution in [3.05, 3.63) is 0 Å². The van der Waals surface area contributed by atoms with Crippen LogP contribution in [0.15, 0.2) is 0 Å². The second kappa shape index (κ2) is 8.25. The van der Waals surface area contributed by atoms with Crippen LogP contribution in [0.4, 0.5) is 0 Å². The van der Waals surface area contributed by atoms with Crippen molar-refractivity contribution in [2.24, 2.45) is 0 Å². The Hall–Kier alpha value is 0.920. The van der Waals surface area contributed by atoms with Crippen LogP contribution in [0.2, 0.25) is 0 Å². The van der Waals surface area contributed by atoms with Crippen LogP contribution in [0.1, 0.15) is 63.9 Å². The van der Waals surface area contributed by atoms with Crippen LogP contribution in [0.25, 0.3) is 0 Å². The van der Waals surface area contributed by atoms with E-state index in [1.54, 1.807) is 0 Å². The summed E-state index contributed by atoms with van der Waals surface area (Å²) in [6, 6.07) is 0. The van der Waals surface area contributed by atoms with Crippen molar-refractivity contribution in [2.45, 2.75) is 39.2 Å². The zero-order valence-corrected chi connectivity index (χ0v) is 8.72. The number of hydrogen-bond donors (Lipinski definition) is 1. The fraction of sp³-hybridized carbons (Fsp3) is 1.00. The summed E-state index contributed by atoms with van der Waals surface area (Å²) in [6.07, 6.45) is -15.6. The highest BCUT2D eigenvalue weighted by Gasteiger charge is 2.11. The van der Waals surface area contributed by atoms with Gasteiger partial charge in [0.15, 0.2) is 0 Å². The summed E-state index contributed by atoms with van der Waals surface area (Å²) in [7, 11) is 0. The number of thiol groups is 1. The van der Waals surface area contributed by atoms with Crippen LogP contribution in [-0.2, 0) is 20.9 Å². The van der Waals surface area contributed by atoms with Gasteiger partial charge in [0.1, 0.15) is 0 Å². The minimum atomic E-state index is -4.78. The summed E-state index contributed by atoms with van der Waals surface area (Å²) in [5.41, 5.74) is -4.78. The summed E-state index contributed by atoms with van der Waals surface area (Å²) in [5.74, 6) is 0. The predicted molar refractivity (Wildman–Crippen MR) is 65.0 cm³/mol. The maximum absolute atomic E-state index is 7.64. The lowest BCUT2D eigenvalue weighted by molar-refractivity contribution is 0.253. The van der Waals surface area contributed by atoms with Crippen LogP contribution in [0.5, 0.6) is 0 Å². The molecule has 0 radical (unpaired) electrons. The Bertz CT molecular complexity index is 654. The molecule has 0 aliphatic heterocycles. The fourth-order valence-electron chi connectivity index (χ4n) is 0.231. The molecular weight excluding hydrogens is 223 g/mol. The van der Waals surface area contributed by atoms with Crippen LogP contribution < -0.4 is 0 Å². The van der Waals surface area contributed by atoms with E-state index < -0.39 is 58.0 Å². The quantitative estimate of drug-likeness (QED) is 0.529. The fourth-order valence-corrected chi connectivity index (χ4v) is 1.06. The van der Waals surface area contributed by atoms with E-state index in [-0.39, 0.29) is 0 Å². The molecule has 0 bridgehead atoms. The largest absolute Gasteiger partial charge is 0.322 e. The number of rotatable bonds is 8. The molecule has 0 aliphatic carbocycles. The molecule has 13 heavy (non-hydrogen) atoms. The topological polar surface area (TPSA) is 18.5 Å². The molecule has 0 aromatic heterocycles. The first kappa shape index (κ1) is 2.43. The minimum absolute atomic E-state index is 3.52. The van der Waals surface area contributed by atoms with E-state index in [0.717, 1.165) is 0 Å². The van der Waals surface area contributed by atoms with Crippen molar-refractivity contribution in [2.75, 3.05) is 13.1 Å². The molecule has 0 N–H and O–H groups in total. The van der Waals surface area contributed by atoms with E-state index in [1.165, 1.54) is 0 Å². The van der Waals surface area contributed by atoms with Crippen LogP contribution in [0, 0.1) is 0 Å². The molecular formula is C8H19O2PS2. The molecule has 5 heteroatoms. The third kappa shape index (κ3) is 9.23. The zero-order valence-electron chi connectivity index (χ0n) is 24.1. The first-order chi connectivity index (χ1) is 12.9. The molecule has 0 unspecified atom stereocenters. The number of hydrogen-bond acceptors (Lipinski definition) is 3. The molecule has 2 nitrogen and oxygen atoms in total. The summed E-state index contributed by atoms with van der Waals surface area (Å²) in [6.45, 7) is -15.2. The highest BCUT2D eigenvalue weighted by molar-refractivity contribution is 8.60. The Morgan fingerprint density at radius 3 is 2.15 bits per heavy atom. The Labute approximate surface area is 117 Å². The van der Waals surface area contributed by atoms with E-state index in [1.807, 2.05) is 0 Å². The third-order valence-electron chi connectivity index (χ3n) is 0.549. The van der Waals surface area contributed by atoms with Gasteiger partial charge in [-0.15, -0.1) is 0 Å². The molecule has 0 fully saturated rings. The molecule has 0 saturated carbocycles. The lowest BCUT2D eigenvalue weighted by Crippen LogP contribution is -1.94. The van der Waals surface area contributed by atoms with Gasteiger partial charge in [-0.05, 0) is 24.6 Å². The lowest BCUT2D eigenvalue weighted by Gasteiger charge is -2.15. The molecule has 0 heterocycles. The SMILES string of the molecule is [2H]C([2H])([2H])C([2H])([2H])C([2H])([2H])C([2H])([2H])OP(=S)(S)OC([2H])([2H])C([2H])([2H])C([2H])([2H])C([2H])([2H])[2H]. The molecule has 0 aromatic carbocycles. The van der Waals surface area contributed by atoms with Crippen molar-refractivity contribution in [1.29, 1.82) is 0 Å². The first-order valence-electron chi connectivity index (χ1n) is 11.7. The third-order valence-corrected chi connectivity index (χ3v) is 2.13. The smallest absolute Gasteiger partial charge is 0.244 e. The van der Waals surface area contributed by atoms with Crippen molar-refractivity contribution < 1.29 is 33.7 Å². The van der Waals surface area contributed by atoms with E-state index in [9.17, 15) is 0 Å². The van der Waals surface area contributed by atoms with Gasteiger partial charge in [0.05, 0.1) is 18.6 Å². The second-order valence-electron chi connectivity index (χ2n) is 1.36. The normalized spacial score (nSPS) is 41.0. The Balaban J connectivity index is 6.11.